The predicted molar refractivity (Wildman–Crippen MR) is 60.6 cm³/mol. The highest BCUT2D eigenvalue weighted by atomic mass is 16.4. The Morgan fingerprint density at radius 1 is 1.29 bits per heavy atom. The summed E-state index contributed by atoms with van der Waals surface area (Å²) in [6.45, 7) is 0.516. The van der Waals surface area contributed by atoms with Crippen molar-refractivity contribution in [2.75, 3.05) is 5.32 Å². The molecule has 0 aliphatic rings. The second-order valence-corrected chi connectivity index (χ2v) is 3.29. The van der Waals surface area contributed by atoms with Gasteiger partial charge in [0.25, 0.3) is 0 Å². The Bertz CT molecular complexity index is 499. The van der Waals surface area contributed by atoms with Crippen LogP contribution in [0.5, 0.6) is 0 Å². The maximum Gasteiger partial charge on any atom is 0.337 e. The van der Waals surface area contributed by atoms with E-state index in [2.05, 4.69) is 20.3 Å². The van der Waals surface area contributed by atoms with E-state index in [1.54, 1.807) is 18.3 Å². The summed E-state index contributed by atoms with van der Waals surface area (Å²) in [7, 11) is 0. The van der Waals surface area contributed by atoms with Crippen molar-refractivity contribution in [3.63, 3.8) is 0 Å². The summed E-state index contributed by atoms with van der Waals surface area (Å²) in [6, 6.07) is 4.90. The first-order chi connectivity index (χ1) is 8.25. The molecule has 6 nitrogen and oxygen atoms in total. The molecule has 0 aliphatic heterocycles. The van der Waals surface area contributed by atoms with Gasteiger partial charge in [0.05, 0.1) is 17.8 Å². The van der Waals surface area contributed by atoms with Gasteiger partial charge in [-0.15, -0.1) is 0 Å². The molecular formula is C11H10N4O2. The second kappa shape index (κ2) is 5.02. The van der Waals surface area contributed by atoms with Crippen LogP contribution in [-0.4, -0.2) is 26.0 Å². The van der Waals surface area contributed by atoms with Gasteiger partial charge < -0.3 is 10.4 Å². The molecule has 0 saturated heterocycles. The van der Waals surface area contributed by atoms with Crippen LogP contribution in [0.15, 0.2) is 36.9 Å². The van der Waals surface area contributed by atoms with Crippen molar-refractivity contribution in [2.45, 2.75) is 6.54 Å². The second-order valence-electron chi connectivity index (χ2n) is 3.29. The molecule has 0 radical (unpaired) electrons. The third-order valence-electron chi connectivity index (χ3n) is 2.10. The first-order valence-corrected chi connectivity index (χ1v) is 4.94. The van der Waals surface area contributed by atoms with Crippen LogP contribution in [0.2, 0.25) is 0 Å². The highest BCUT2D eigenvalue weighted by Gasteiger charge is 2.02. The van der Waals surface area contributed by atoms with E-state index in [-0.39, 0.29) is 5.56 Å². The van der Waals surface area contributed by atoms with Crippen molar-refractivity contribution in [3.05, 3.63) is 48.2 Å². The third-order valence-corrected chi connectivity index (χ3v) is 2.10. The SMILES string of the molecule is O=C(O)c1ccc(NCc2ccncn2)nc1. The number of hydrogen-bond acceptors (Lipinski definition) is 5. The van der Waals surface area contributed by atoms with Gasteiger partial charge in [0.2, 0.25) is 0 Å². The number of carboxylic acids is 1. The van der Waals surface area contributed by atoms with Crippen molar-refractivity contribution >= 4 is 11.8 Å². The zero-order chi connectivity index (χ0) is 12.1. The lowest BCUT2D eigenvalue weighted by atomic mass is 10.3. The summed E-state index contributed by atoms with van der Waals surface area (Å²) in [5, 5.41) is 11.7. The average molecular weight is 230 g/mol. The van der Waals surface area contributed by atoms with E-state index in [1.165, 1.54) is 18.6 Å². The Kier molecular flexibility index (Phi) is 3.25. The first kappa shape index (κ1) is 11.0. The monoisotopic (exact) mass is 230 g/mol. The fourth-order valence-electron chi connectivity index (χ4n) is 1.23. The number of hydrogen-bond donors (Lipinski definition) is 2. The molecule has 2 rings (SSSR count). The van der Waals surface area contributed by atoms with Crippen molar-refractivity contribution in [2.24, 2.45) is 0 Å². The standard InChI is InChI=1S/C11H10N4O2/c16-11(17)8-1-2-10(13-5-8)14-6-9-3-4-12-7-15-9/h1-5,7H,6H2,(H,13,14)(H,16,17). The molecule has 2 N–H and O–H groups in total. The van der Waals surface area contributed by atoms with Crippen LogP contribution < -0.4 is 5.32 Å². The van der Waals surface area contributed by atoms with Gasteiger partial charge in [-0.2, -0.15) is 0 Å². The van der Waals surface area contributed by atoms with Crippen molar-refractivity contribution in [3.8, 4) is 0 Å². The van der Waals surface area contributed by atoms with E-state index >= 15 is 0 Å². The minimum Gasteiger partial charge on any atom is -0.478 e. The summed E-state index contributed by atoms with van der Waals surface area (Å²) in [5.41, 5.74) is 1.00. The molecule has 0 fully saturated rings. The molecule has 0 amide bonds. The molecule has 2 heterocycles. The summed E-state index contributed by atoms with van der Waals surface area (Å²) in [6.07, 6.45) is 4.44. The number of aromatic nitrogens is 3. The van der Waals surface area contributed by atoms with Gasteiger partial charge in [0, 0.05) is 12.4 Å². The van der Waals surface area contributed by atoms with Gasteiger partial charge in [0.15, 0.2) is 0 Å². The van der Waals surface area contributed by atoms with E-state index in [9.17, 15) is 4.79 Å². The number of anilines is 1. The molecule has 2 aromatic rings. The maximum absolute atomic E-state index is 10.6. The van der Waals surface area contributed by atoms with E-state index in [0.717, 1.165) is 5.69 Å². The minimum absolute atomic E-state index is 0.164. The Balaban J connectivity index is 1.98. The Labute approximate surface area is 97.4 Å². The largest absolute Gasteiger partial charge is 0.478 e. The van der Waals surface area contributed by atoms with Crippen molar-refractivity contribution in [1.82, 2.24) is 15.0 Å². The van der Waals surface area contributed by atoms with Gasteiger partial charge in [-0.05, 0) is 18.2 Å². The number of nitrogens with one attached hydrogen (secondary N) is 1. The van der Waals surface area contributed by atoms with Crippen molar-refractivity contribution in [1.29, 1.82) is 0 Å². The first-order valence-electron chi connectivity index (χ1n) is 4.94. The van der Waals surface area contributed by atoms with Gasteiger partial charge in [-0.25, -0.2) is 19.7 Å². The van der Waals surface area contributed by atoms with Crippen molar-refractivity contribution < 1.29 is 9.90 Å². The van der Waals surface area contributed by atoms with Crippen LogP contribution in [-0.2, 0) is 6.54 Å². The van der Waals surface area contributed by atoms with E-state index in [0.29, 0.717) is 12.4 Å². The maximum atomic E-state index is 10.6. The number of nitrogens with zero attached hydrogens (tertiary/aromatic N) is 3. The highest BCUT2D eigenvalue weighted by molar-refractivity contribution is 5.87. The molecule has 0 atom stereocenters. The van der Waals surface area contributed by atoms with E-state index < -0.39 is 5.97 Å². The Morgan fingerprint density at radius 2 is 2.18 bits per heavy atom. The summed E-state index contributed by atoms with van der Waals surface area (Å²) < 4.78 is 0. The number of pyridine rings is 1. The van der Waals surface area contributed by atoms with Crippen LogP contribution in [0.25, 0.3) is 0 Å². The fraction of sp³-hybridized carbons (Fsp3) is 0.0909. The van der Waals surface area contributed by atoms with Gasteiger partial charge >= 0.3 is 5.97 Å². The minimum atomic E-state index is -0.986. The van der Waals surface area contributed by atoms with E-state index in [4.69, 9.17) is 5.11 Å². The molecule has 6 heteroatoms. The molecule has 86 valence electrons. The summed E-state index contributed by atoms with van der Waals surface area (Å²) in [5.74, 6) is -0.381. The van der Waals surface area contributed by atoms with Gasteiger partial charge in [-0.3, -0.25) is 0 Å². The highest BCUT2D eigenvalue weighted by Crippen LogP contribution is 2.06. The third kappa shape index (κ3) is 2.97. The fourth-order valence-corrected chi connectivity index (χ4v) is 1.23. The predicted octanol–water partition coefficient (Wildman–Crippen LogP) is 1.18. The van der Waals surface area contributed by atoms with Gasteiger partial charge in [-0.1, -0.05) is 0 Å². The summed E-state index contributed by atoms with van der Waals surface area (Å²) in [4.78, 5) is 22.4. The smallest absolute Gasteiger partial charge is 0.337 e. The lowest BCUT2D eigenvalue weighted by Crippen LogP contribution is -2.04. The molecule has 0 unspecified atom stereocenters. The average Bonchev–Trinajstić information content (AvgIpc) is 2.38. The Hall–Kier alpha value is -2.50. The lowest BCUT2D eigenvalue weighted by Gasteiger charge is -2.04. The normalized spacial score (nSPS) is 9.88. The molecule has 0 spiro atoms. The topological polar surface area (TPSA) is 88.0 Å². The lowest BCUT2D eigenvalue weighted by molar-refractivity contribution is 0.0696. The van der Waals surface area contributed by atoms with E-state index in [1.807, 2.05) is 0 Å². The molecular weight excluding hydrogens is 220 g/mol. The van der Waals surface area contributed by atoms with Crippen LogP contribution in [0, 0.1) is 0 Å². The molecule has 17 heavy (non-hydrogen) atoms. The number of carboxylic acid groups (broad SMARTS) is 1. The zero-order valence-corrected chi connectivity index (χ0v) is 8.87. The van der Waals surface area contributed by atoms with Crippen LogP contribution in [0.4, 0.5) is 5.82 Å². The van der Waals surface area contributed by atoms with Crippen LogP contribution in [0.3, 0.4) is 0 Å². The molecule has 0 aliphatic carbocycles. The van der Waals surface area contributed by atoms with Gasteiger partial charge in [0.1, 0.15) is 12.1 Å². The zero-order valence-electron chi connectivity index (χ0n) is 8.87. The number of rotatable bonds is 4. The van der Waals surface area contributed by atoms with Crippen LogP contribution in [0.1, 0.15) is 16.1 Å². The summed E-state index contributed by atoms with van der Waals surface area (Å²) >= 11 is 0. The molecule has 0 bridgehead atoms. The number of carbonyl (C=O) groups is 1. The Morgan fingerprint density at radius 3 is 2.76 bits per heavy atom. The number of aromatic carboxylic acids is 1. The quantitative estimate of drug-likeness (QED) is 0.820. The van der Waals surface area contributed by atoms with Crippen LogP contribution >= 0.6 is 0 Å². The molecule has 0 aromatic carbocycles. The molecule has 0 saturated carbocycles. The molecule has 2 aromatic heterocycles.